The lowest BCUT2D eigenvalue weighted by molar-refractivity contribution is -0.134. The average molecular weight is 520 g/mol. The van der Waals surface area contributed by atoms with Crippen molar-refractivity contribution in [3.05, 3.63) is 53.6 Å². The molecule has 2 rings (SSSR count). The van der Waals surface area contributed by atoms with Gasteiger partial charge in [-0.25, -0.2) is 19.2 Å². The predicted molar refractivity (Wildman–Crippen MR) is 133 cm³/mol. The number of ether oxygens (including phenoxy) is 1. The molecule has 0 radical (unpaired) electrons. The summed E-state index contributed by atoms with van der Waals surface area (Å²) >= 11 is 0. The number of likely N-dealkylation sites (tertiary alicyclic amines) is 1. The van der Waals surface area contributed by atoms with E-state index in [0.717, 1.165) is 43.9 Å². The van der Waals surface area contributed by atoms with Gasteiger partial charge >= 0.3 is 23.9 Å². The van der Waals surface area contributed by atoms with Crippen LogP contribution in [0.15, 0.2) is 42.5 Å². The van der Waals surface area contributed by atoms with Gasteiger partial charge in [0, 0.05) is 37.4 Å². The number of nitrogens with zero attached hydrogens (tertiary/aromatic N) is 2. The highest BCUT2D eigenvalue weighted by Crippen LogP contribution is 2.22. The summed E-state index contributed by atoms with van der Waals surface area (Å²) in [6.07, 6.45) is 5.64. The Labute approximate surface area is 214 Å². The fourth-order valence-electron chi connectivity index (χ4n) is 3.25. The summed E-state index contributed by atoms with van der Waals surface area (Å²) in [7, 11) is 0. The maximum atomic E-state index is 9.55. The predicted octanol–water partition coefficient (Wildman–Crippen LogP) is 1.59. The fourth-order valence-corrected chi connectivity index (χ4v) is 3.25. The molecule has 1 aromatic rings. The zero-order valence-corrected chi connectivity index (χ0v) is 20.6. The van der Waals surface area contributed by atoms with Crippen LogP contribution in [0.1, 0.15) is 30.9 Å². The maximum absolute atomic E-state index is 9.55. The summed E-state index contributed by atoms with van der Waals surface area (Å²) in [5.41, 5.74) is 7.62. The first kappa shape index (κ1) is 32.8. The van der Waals surface area contributed by atoms with E-state index < -0.39 is 23.9 Å². The van der Waals surface area contributed by atoms with Crippen LogP contribution >= 0.6 is 0 Å². The normalized spacial score (nSPS) is 15.0. The Morgan fingerprint density at radius 1 is 1.05 bits per heavy atom. The molecule has 0 aromatic heterocycles. The number of carboxylic acids is 4. The van der Waals surface area contributed by atoms with Crippen molar-refractivity contribution >= 4 is 23.9 Å². The number of rotatable bonds is 10. The van der Waals surface area contributed by atoms with Crippen molar-refractivity contribution in [3.63, 3.8) is 0 Å². The summed E-state index contributed by atoms with van der Waals surface area (Å²) in [5, 5.41) is 40.3. The Balaban J connectivity index is 0.000000669. The first-order chi connectivity index (χ1) is 17.5. The molecule has 0 amide bonds. The minimum absolute atomic E-state index is 0.558. The highest BCUT2D eigenvalue weighted by Gasteiger charge is 2.18. The second-order valence-corrected chi connectivity index (χ2v) is 7.68. The molecule has 6 N–H and O–H groups in total. The van der Waals surface area contributed by atoms with E-state index in [1.54, 1.807) is 0 Å². The lowest BCUT2D eigenvalue weighted by Gasteiger charge is -2.32. The standard InChI is InChI=1S/C17H25N3O.2C4H4O4/c1-2-21-17-6-5-14(11-18)10-16(17)7-9-20-8-3-4-15(12-19)13-20;2*5-3(6)1-2-4(7)8/h5-6,10,15H,2-4,7-9,12-13,19H2,1H3;2*1-2H,(H,5,6)(H,7,8)/b;2*2-1+/t15-;;/m0../s1. The molecular weight excluding hydrogens is 486 g/mol. The van der Waals surface area contributed by atoms with Gasteiger partial charge in [0.05, 0.1) is 18.2 Å². The van der Waals surface area contributed by atoms with Crippen LogP contribution in [0.25, 0.3) is 0 Å². The number of nitrogens with two attached hydrogens (primary N) is 1. The second-order valence-electron chi connectivity index (χ2n) is 7.68. The molecule has 1 aromatic carbocycles. The van der Waals surface area contributed by atoms with Gasteiger partial charge in [0.2, 0.25) is 0 Å². The Kier molecular flexibility index (Phi) is 16.9. The van der Waals surface area contributed by atoms with Crippen molar-refractivity contribution in [1.82, 2.24) is 4.90 Å². The number of nitriles is 1. The van der Waals surface area contributed by atoms with Gasteiger partial charge in [-0.1, -0.05) is 0 Å². The van der Waals surface area contributed by atoms with Crippen LogP contribution in [0, 0.1) is 17.2 Å². The number of piperidine rings is 1. The third kappa shape index (κ3) is 17.0. The van der Waals surface area contributed by atoms with E-state index in [-0.39, 0.29) is 0 Å². The van der Waals surface area contributed by atoms with Crippen LogP contribution in [-0.4, -0.2) is 82.0 Å². The van der Waals surface area contributed by atoms with E-state index in [1.165, 1.54) is 12.8 Å². The Hall–Kier alpha value is -4.21. The molecule has 1 fully saturated rings. The molecule has 0 spiro atoms. The third-order valence-electron chi connectivity index (χ3n) is 4.86. The summed E-state index contributed by atoms with van der Waals surface area (Å²) < 4.78 is 5.67. The van der Waals surface area contributed by atoms with Gasteiger partial charge in [-0.3, -0.25) is 0 Å². The largest absolute Gasteiger partial charge is 0.494 e. The number of hydrogen-bond acceptors (Lipinski definition) is 8. The monoisotopic (exact) mass is 519 g/mol. The minimum atomic E-state index is -1.26. The SMILES string of the molecule is CCOc1ccc(C#N)cc1CCN1CCC[C@@H](CN)C1.O=C(O)/C=C/C(=O)O.O=C(O)/C=C/C(=O)O. The van der Waals surface area contributed by atoms with Crippen molar-refractivity contribution in [2.24, 2.45) is 11.7 Å². The molecule has 1 atom stereocenters. The van der Waals surface area contributed by atoms with Gasteiger partial charge in [0.25, 0.3) is 0 Å². The summed E-state index contributed by atoms with van der Waals surface area (Å²) in [6, 6.07) is 7.89. The number of carbonyl (C=O) groups is 4. The topological polar surface area (TPSA) is 211 Å². The Bertz CT molecular complexity index is 934. The summed E-state index contributed by atoms with van der Waals surface area (Å²) in [4.78, 5) is 40.7. The first-order valence-electron chi connectivity index (χ1n) is 11.4. The molecule has 0 aliphatic carbocycles. The summed E-state index contributed by atoms with van der Waals surface area (Å²) in [5.74, 6) is -3.49. The average Bonchev–Trinajstić information content (AvgIpc) is 2.86. The van der Waals surface area contributed by atoms with Gasteiger partial charge in [-0.2, -0.15) is 5.26 Å². The van der Waals surface area contributed by atoms with Crippen molar-refractivity contribution in [2.45, 2.75) is 26.2 Å². The molecule has 37 heavy (non-hydrogen) atoms. The van der Waals surface area contributed by atoms with Gasteiger partial charge in [-0.15, -0.1) is 0 Å². The lowest BCUT2D eigenvalue weighted by Crippen LogP contribution is -2.39. The van der Waals surface area contributed by atoms with Crippen LogP contribution in [-0.2, 0) is 25.6 Å². The Morgan fingerprint density at radius 3 is 2.03 bits per heavy atom. The zero-order valence-electron chi connectivity index (χ0n) is 20.6. The van der Waals surface area contributed by atoms with Crippen molar-refractivity contribution < 1.29 is 44.3 Å². The molecule has 0 saturated carbocycles. The highest BCUT2D eigenvalue weighted by molar-refractivity contribution is 5.90. The molecule has 12 heteroatoms. The van der Waals surface area contributed by atoms with Gasteiger partial charge < -0.3 is 35.8 Å². The van der Waals surface area contributed by atoms with E-state index >= 15 is 0 Å². The van der Waals surface area contributed by atoms with E-state index in [1.807, 2.05) is 25.1 Å². The first-order valence-corrected chi connectivity index (χ1v) is 11.4. The fraction of sp³-hybridized carbons (Fsp3) is 0.400. The highest BCUT2D eigenvalue weighted by atomic mass is 16.5. The number of aliphatic carboxylic acids is 4. The van der Waals surface area contributed by atoms with Crippen molar-refractivity contribution in [3.8, 4) is 11.8 Å². The molecule has 12 nitrogen and oxygen atoms in total. The third-order valence-corrected chi connectivity index (χ3v) is 4.86. The molecule has 1 heterocycles. The molecule has 1 saturated heterocycles. The van der Waals surface area contributed by atoms with E-state index in [2.05, 4.69) is 11.0 Å². The Morgan fingerprint density at radius 2 is 1.59 bits per heavy atom. The van der Waals surface area contributed by atoms with E-state index in [0.29, 0.717) is 42.4 Å². The quantitative estimate of drug-likeness (QED) is 0.279. The molecular formula is C25H33N3O9. The summed E-state index contributed by atoms with van der Waals surface area (Å²) in [6.45, 7) is 6.67. The van der Waals surface area contributed by atoms with Gasteiger partial charge in [0.1, 0.15) is 5.75 Å². The van der Waals surface area contributed by atoms with Crippen molar-refractivity contribution in [1.29, 1.82) is 5.26 Å². The van der Waals surface area contributed by atoms with Crippen LogP contribution < -0.4 is 10.5 Å². The van der Waals surface area contributed by atoms with Crippen LogP contribution in [0.2, 0.25) is 0 Å². The number of hydrogen-bond donors (Lipinski definition) is 5. The van der Waals surface area contributed by atoms with Crippen LogP contribution in [0.4, 0.5) is 0 Å². The molecule has 202 valence electrons. The zero-order chi connectivity index (χ0) is 28.2. The van der Waals surface area contributed by atoms with Crippen LogP contribution in [0.5, 0.6) is 5.75 Å². The minimum Gasteiger partial charge on any atom is -0.494 e. The van der Waals surface area contributed by atoms with E-state index in [4.69, 9.17) is 36.2 Å². The maximum Gasteiger partial charge on any atom is 0.328 e. The van der Waals surface area contributed by atoms with Gasteiger partial charge in [-0.05, 0) is 69.0 Å². The molecule has 0 unspecified atom stereocenters. The van der Waals surface area contributed by atoms with Gasteiger partial charge in [0.15, 0.2) is 0 Å². The molecule has 1 aliphatic rings. The van der Waals surface area contributed by atoms with E-state index in [9.17, 15) is 19.2 Å². The number of benzene rings is 1. The van der Waals surface area contributed by atoms with Crippen LogP contribution in [0.3, 0.4) is 0 Å². The van der Waals surface area contributed by atoms with Crippen molar-refractivity contribution in [2.75, 3.05) is 32.8 Å². The number of carboxylic acid groups (broad SMARTS) is 4. The molecule has 1 aliphatic heterocycles. The lowest BCUT2D eigenvalue weighted by atomic mass is 9.97. The smallest absolute Gasteiger partial charge is 0.328 e. The molecule has 0 bridgehead atoms. The second kappa shape index (κ2) is 19.0.